The normalized spacial score (nSPS) is 10.1. The van der Waals surface area contributed by atoms with Crippen LogP contribution in [0.3, 0.4) is 0 Å². The van der Waals surface area contributed by atoms with Crippen molar-refractivity contribution in [2.45, 2.75) is 19.9 Å². The number of carbonyl (C=O) groups excluding carboxylic acids is 1. The molecule has 0 bridgehead atoms. The van der Waals surface area contributed by atoms with E-state index in [9.17, 15) is 4.79 Å². The molecule has 3 heteroatoms. The molecule has 0 atom stereocenters. The van der Waals surface area contributed by atoms with Crippen LogP contribution in [0.25, 0.3) is 0 Å². The highest BCUT2D eigenvalue weighted by Gasteiger charge is 2.06. The van der Waals surface area contributed by atoms with Crippen molar-refractivity contribution in [3.63, 3.8) is 0 Å². The van der Waals surface area contributed by atoms with Crippen LogP contribution in [-0.2, 0) is 17.8 Å². The maximum atomic E-state index is 11.2. The molecule has 1 amide bonds. The molecule has 0 spiro atoms. The lowest BCUT2D eigenvalue weighted by Crippen LogP contribution is -2.27. The van der Waals surface area contributed by atoms with Crippen molar-refractivity contribution >= 4 is 17.5 Å². The fourth-order valence-corrected chi connectivity index (χ4v) is 1.55. The second-order valence-electron chi connectivity index (χ2n) is 3.55. The van der Waals surface area contributed by atoms with Gasteiger partial charge in [-0.1, -0.05) is 31.2 Å². The first-order valence-corrected chi connectivity index (χ1v) is 5.58. The Morgan fingerprint density at radius 1 is 1.27 bits per heavy atom. The molecule has 0 saturated carbocycles. The van der Waals surface area contributed by atoms with Crippen molar-refractivity contribution in [2.24, 2.45) is 0 Å². The number of halogens is 1. The zero-order valence-corrected chi connectivity index (χ0v) is 9.92. The van der Waals surface area contributed by atoms with E-state index in [-0.39, 0.29) is 11.8 Å². The molecule has 2 nitrogen and oxygen atoms in total. The summed E-state index contributed by atoms with van der Waals surface area (Å²) < 4.78 is 0. The average molecular weight is 226 g/mol. The van der Waals surface area contributed by atoms with Crippen LogP contribution in [0.1, 0.15) is 18.1 Å². The number of hydrogen-bond acceptors (Lipinski definition) is 1. The number of amides is 1. The van der Waals surface area contributed by atoms with Crippen molar-refractivity contribution in [3.05, 3.63) is 35.4 Å². The van der Waals surface area contributed by atoms with Gasteiger partial charge in [0.25, 0.3) is 0 Å². The predicted octanol–water partition coefficient (Wildman–Crippen LogP) is 2.45. The van der Waals surface area contributed by atoms with Gasteiger partial charge in [-0.15, -0.1) is 11.6 Å². The predicted molar refractivity (Wildman–Crippen MR) is 63.0 cm³/mol. The summed E-state index contributed by atoms with van der Waals surface area (Å²) in [5.74, 6) is 0.0000291. The van der Waals surface area contributed by atoms with E-state index in [0.717, 1.165) is 12.0 Å². The third kappa shape index (κ3) is 3.56. The highest BCUT2D eigenvalue weighted by atomic mass is 35.5. The lowest BCUT2D eigenvalue weighted by Gasteiger charge is -2.15. The SMILES string of the molecule is CCc1ccc(CN(C)C(=O)CCl)cc1. The first kappa shape index (κ1) is 12.1. The van der Waals surface area contributed by atoms with Crippen LogP contribution in [0.2, 0.25) is 0 Å². The van der Waals surface area contributed by atoms with Gasteiger partial charge in [0.2, 0.25) is 5.91 Å². The summed E-state index contributed by atoms with van der Waals surface area (Å²) in [5, 5.41) is 0. The minimum Gasteiger partial charge on any atom is -0.340 e. The van der Waals surface area contributed by atoms with Gasteiger partial charge >= 0.3 is 0 Å². The molecule has 1 aromatic carbocycles. The third-order valence-corrected chi connectivity index (χ3v) is 2.62. The molecule has 82 valence electrons. The van der Waals surface area contributed by atoms with Gasteiger partial charge in [-0.05, 0) is 17.5 Å². The molecular formula is C12H16ClNO. The summed E-state index contributed by atoms with van der Waals surface area (Å²) >= 11 is 5.47. The maximum Gasteiger partial charge on any atom is 0.237 e. The van der Waals surface area contributed by atoms with E-state index < -0.39 is 0 Å². The number of nitrogens with zero attached hydrogens (tertiary/aromatic N) is 1. The largest absolute Gasteiger partial charge is 0.340 e. The number of alkyl halides is 1. The number of rotatable bonds is 4. The van der Waals surface area contributed by atoms with Gasteiger partial charge in [0.1, 0.15) is 5.88 Å². The van der Waals surface area contributed by atoms with Crippen molar-refractivity contribution in [1.82, 2.24) is 4.90 Å². The minimum atomic E-state index is -0.0452. The molecule has 0 aliphatic heterocycles. The first-order valence-electron chi connectivity index (χ1n) is 5.05. The van der Waals surface area contributed by atoms with Crippen molar-refractivity contribution in [1.29, 1.82) is 0 Å². The highest BCUT2D eigenvalue weighted by molar-refractivity contribution is 6.27. The summed E-state index contributed by atoms with van der Waals surface area (Å²) in [7, 11) is 1.76. The van der Waals surface area contributed by atoms with E-state index in [2.05, 4.69) is 31.2 Å². The maximum absolute atomic E-state index is 11.2. The first-order chi connectivity index (χ1) is 7.17. The van der Waals surface area contributed by atoms with Crippen molar-refractivity contribution < 1.29 is 4.79 Å². The lowest BCUT2D eigenvalue weighted by molar-refractivity contribution is -0.127. The molecule has 0 radical (unpaired) electrons. The smallest absolute Gasteiger partial charge is 0.237 e. The van der Waals surface area contributed by atoms with Gasteiger partial charge in [-0.3, -0.25) is 4.79 Å². The van der Waals surface area contributed by atoms with E-state index >= 15 is 0 Å². The molecule has 0 fully saturated rings. The Balaban J connectivity index is 2.60. The summed E-state index contributed by atoms with van der Waals surface area (Å²) in [4.78, 5) is 12.9. The fraction of sp³-hybridized carbons (Fsp3) is 0.417. The molecule has 15 heavy (non-hydrogen) atoms. The Kier molecular flexibility index (Phi) is 4.63. The average Bonchev–Trinajstić information content (AvgIpc) is 2.29. The molecule has 0 aromatic heterocycles. The zero-order chi connectivity index (χ0) is 11.3. The van der Waals surface area contributed by atoms with Gasteiger partial charge in [0.05, 0.1) is 0 Å². The molecule has 1 rings (SSSR count). The molecule has 0 N–H and O–H groups in total. The van der Waals surface area contributed by atoms with Gasteiger partial charge < -0.3 is 4.90 Å². The van der Waals surface area contributed by atoms with Crippen LogP contribution in [0.15, 0.2) is 24.3 Å². The molecule has 1 aromatic rings. The van der Waals surface area contributed by atoms with E-state index in [0.29, 0.717) is 6.54 Å². The van der Waals surface area contributed by atoms with Crippen molar-refractivity contribution in [3.8, 4) is 0 Å². The van der Waals surface area contributed by atoms with Gasteiger partial charge in [0, 0.05) is 13.6 Å². The minimum absolute atomic E-state index is 0.0452. The topological polar surface area (TPSA) is 20.3 Å². The second kappa shape index (κ2) is 5.76. The van der Waals surface area contributed by atoms with E-state index in [1.54, 1.807) is 11.9 Å². The number of hydrogen-bond donors (Lipinski definition) is 0. The summed E-state index contributed by atoms with van der Waals surface area (Å²) in [6, 6.07) is 8.29. The zero-order valence-electron chi connectivity index (χ0n) is 9.16. The quantitative estimate of drug-likeness (QED) is 0.721. The standard InChI is InChI=1S/C12H16ClNO/c1-3-10-4-6-11(7-5-10)9-14(2)12(15)8-13/h4-7H,3,8-9H2,1-2H3. The summed E-state index contributed by atoms with van der Waals surface area (Å²) in [6.45, 7) is 2.74. The Morgan fingerprint density at radius 2 is 1.80 bits per heavy atom. The molecule has 0 heterocycles. The number of benzene rings is 1. The molecule has 0 aliphatic rings. The third-order valence-electron chi connectivity index (χ3n) is 2.39. The number of carbonyl (C=O) groups is 1. The van der Waals surface area contributed by atoms with Gasteiger partial charge in [-0.25, -0.2) is 0 Å². The Hall–Kier alpha value is -1.02. The van der Waals surface area contributed by atoms with E-state index in [1.165, 1.54) is 5.56 Å². The van der Waals surface area contributed by atoms with Gasteiger partial charge in [0.15, 0.2) is 0 Å². The Morgan fingerprint density at radius 3 is 2.27 bits per heavy atom. The molecule has 0 aliphatic carbocycles. The molecule has 0 saturated heterocycles. The van der Waals surface area contributed by atoms with Crippen LogP contribution in [0, 0.1) is 0 Å². The highest BCUT2D eigenvalue weighted by Crippen LogP contribution is 2.07. The summed E-state index contributed by atoms with van der Waals surface area (Å²) in [6.07, 6.45) is 1.04. The fourth-order valence-electron chi connectivity index (χ4n) is 1.34. The van der Waals surface area contributed by atoms with Crippen LogP contribution in [0.5, 0.6) is 0 Å². The Bertz CT molecular complexity index is 321. The molecular weight excluding hydrogens is 210 g/mol. The summed E-state index contributed by atoms with van der Waals surface area (Å²) in [5.41, 5.74) is 2.44. The van der Waals surface area contributed by atoms with Gasteiger partial charge in [-0.2, -0.15) is 0 Å². The lowest BCUT2D eigenvalue weighted by atomic mass is 10.1. The van der Waals surface area contributed by atoms with E-state index in [4.69, 9.17) is 11.6 Å². The van der Waals surface area contributed by atoms with Crippen LogP contribution in [-0.4, -0.2) is 23.7 Å². The Labute approximate surface area is 95.8 Å². The number of aryl methyl sites for hydroxylation is 1. The van der Waals surface area contributed by atoms with Crippen LogP contribution >= 0.6 is 11.6 Å². The van der Waals surface area contributed by atoms with Crippen molar-refractivity contribution in [2.75, 3.05) is 12.9 Å². The molecule has 0 unspecified atom stereocenters. The van der Waals surface area contributed by atoms with E-state index in [1.807, 2.05) is 0 Å². The van der Waals surface area contributed by atoms with Crippen LogP contribution < -0.4 is 0 Å². The second-order valence-corrected chi connectivity index (χ2v) is 3.82. The van der Waals surface area contributed by atoms with Crippen LogP contribution in [0.4, 0.5) is 0 Å². The monoisotopic (exact) mass is 225 g/mol.